The molecule has 2 N–H and O–H groups in total. The molecule has 14 heteroatoms. The van der Waals surface area contributed by atoms with E-state index in [1.807, 2.05) is 11.9 Å². The minimum atomic E-state index is -4.28. The van der Waals surface area contributed by atoms with Gasteiger partial charge in [-0.3, -0.25) is 4.90 Å². The Labute approximate surface area is 231 Å². The smallest absolute Gasteiger partial charge is 0.343 e. The van der Waals surface area contributed by atoms with E-state index in [-0.39, 0.29) is 53.3 Å². The largest absolute Gasteiger partial charge is 0.493 e. The van der Waals surface area contributed by atoms with Crippen molar-refractivity contribution in [2.45, 2.75) is 23.5 Å². The number of sulfonamides is 1. The van der Waals surface area contributed by atoms with Gasteiger partial charge in [-0.1, -0.05) is 6.07 Å². The van der Waals surface area contributed by atoms with E-state index in [4.69, 9.17) is 28.4 Å². The average molecular weight is 581 g/mol. The van der Waals surface area contributed by atoms with Gasteiger partial charge in [-0.15, -0.1) is 0 Å². The summed E-state index contributed by atoms with van der Waals surface area (Å²) in [5.74, 6) is 0.425. The van der Waals surface area contributed by atoms with Crippen molar-refractivity contribution in [3.05, 3.63) is 34.4 Å². The molecule has 0 saturated carbocycles. The van der Waals surface area contributed by atoms with Crippen molar-refractivity contribution in [3.63, 3.8) is 0 Å². The summed E-state index contributed by atoms with van der Waals surface area (Å²) >= 11 is 0. The number of rotatable bonds is 10. The van der Waals surface area contributed by atoms with Crippen LogP contribution < -0.4 is 23.7 Å². The fourth-order valence-corrected chi connectivity index (χ4v) is 7.58. The number of aliphatic hydroxyl groups is 2. The molecule has 218 valence electrons. The maximum Gasteiger partial charge on any atom is 0.343 e. The standard InChI is InChI=1S/C26H32N2O11S/c1-27-8-7-15-17(19(27)20-14-5-6-16(34-2)21(35-3)18(14)26(31)39-20)22(36-4)23-24(38-13-37-23)25(15)40(32,33)28(9-11-29)10-12-30/h5-6,19-20,29-30H,7-13H2,1-4H3. The number of esters is 1. The number of carbonyl (C=O) groups is 1. The molecule has 0 fully saturated rings. The van der Waals surface area contributed by atoms with Gasteiger partial charge in [0.2, 0.25) is 22.6 Å². The van der Waals surface area contributed by atoms with Gasteiger partial charge in [0.1, 0.15) is 16.6 Å². The molecule has 0 amide bonds. The molecule has 3 aliphatic heterocycles. The number of nitrogens with zero attached hydrogens (tertiary/aromatic N) is 2. The van der Waals surface area contributed by atoms with Crippen LogP contribution in [0.4, 0.5) is 0 Å². The lowest BCUT2D eigenvalue weighted by Crippen LogP contribution is -2.40. The molecule has 3 heterocycles. The second kappa shape index (κ2) is 10.9. The highest BCUT2D eigenvalue weighted by Gasteiger charge is 2.49. The number of ether oxygens (including phenoxy) is 6. The fraction of sp³-hybridized carbons (Fsp3) is 0.500. The Balaban J connectivity index is 1.76. The first kappa shape index (κ1) is 28.2. The first-order valence-corrected chi connectivity index (χ1v) is 14.1. The van der Waals surface area contributed by atoms with Gasteiger partial charge >= 0.3 is 5.97 Å². The molecule has 0 aromatic heterocycles. The molecule has 2 atom stereocenters. The van der Waals surface area contributed by atoms with Gasteiger partial charge in [-0.05, 0) is 25.1 Å². The van der Waals surface area contributed by atoms with Crippen LogP contribution in [0.1, 0.15) is 39.2 Å². The molecule has 40 heavy (non-hydrogen) atoms. The summed E-state index contributed by atoms with van der Waals surface area (Å²) in [5, 5.41) is 19.1. The van der Waals surface area contributed by atoms with Gasteiger partial charge in [0, 0.05) is 30.8 Å². The molecule has 13 nitrogen and oxygen atoms in total. The van der Waals surface area contributed by atoms with E-state index >= 15 is 0 Å². The fourth-order valence-electron chi connectivity index (χ4n) is 5.77. The molecule has 0 spiro atoms. The second-order valence-electron chi connectivity index (χ2n) is 9.44. The van der Waals surface area contributed by atoms with Crippen molar-refractivity contribution < 1.29 is 51.8 Å². The van der Waals surface area contributed by atoms with E-state index in [1.54, 1.807) is 12.1 Å². The quantitative estimate of drug-likeness (QED) is 0.383. The van der Waals surface area contributed by atoms with Crippen LogP contribution in [0, 0.1) is 0 Å². The molecule has 2 unspecified atom stereocenters. The molecule has 0 saturated heterocycles. The number of methoxy groups -OCH3 is 3. The third kappa shape index (κ3) is 4.21. The predicted molar refractivity (Wildman–Crippen MR) is 139 cm³/mol. The summed E-state index contributed by atoms with van der Waals surface area (Å²) in [4.78, 5) is 15.0. The van der Waals surface area contributed by atoms with Crippen LogP contribution in [0.3, 0.4) is 0 Å². The summed E-state index contributed by atoms with van der Waals surface area (Å²) in [6.45, 7) is -1.14. The van der Waals surface area contributed by atoms with Crippen molar-refractivity contribution in [2.75, 3.05) is 68.0 Å². The van der Waals surface area contributed by atoms with Gasteiger partial charge in [0.15, 0.2) is 23.0 Å². The topological polar surface area (TPSA) is 154 Å². The van der Waals surface area contributed by atoms with Crippen molar-refractivity contribution in [1.82, 2.24) is 9.21 Å². The number of fused-ring (bicyclic) bond motifs is 3. The zero-order valence-electron chi connectivity index (χ0n) is 22.6. The average Bonchev–Trinajstić information content (AvgIpc) is 3.55. The maximum atomic E-state index is 14.1. The van der Waals surface area contributed by atoms with E-state index in [2.05, 4.69) is 0 Å². The van der Waals surface area contributed by atoms with Crippen molar-refractivity contribution in [3.8, 4) is 28.7 Å². The number of benzene rings is 2. The van der Waals surface area contributed by atoms with Crippen LogP contribution >= 0.6 is 0 Å². The molecular weight excluding hydrogens is 548 g/mol. The number of carbonyl (C=O) groups excluding carboxylic acids is 1. The number of hydrogen-bond donors (Lipinski definition) is 2. The van der Waals surface area contributed by atoms with E-state index in [0.717, 1.165) is 4.31 Å². The minimum absolute atomic E-state index is 0.00926. The number of aliphatic hydroxyl groups excluding tert-OH is 2. The van der Waals surface area contributed by atoms with Crippen LogP contribution in [0.15, 0.2) is 17.0 Å². The Morgan fingerprint density at radius 1 is 1.02 bits per heavy atom. The van der Waals surface area contributed by atoms with Crippen LogP contribution in [0.25, 0.3) is 0 Å². The lowest BCUT2D eigenvalue weighted by atomic mass is 9.85. The SMILES string of the molecule is COc1ccc2c(c1OC)C(=O)OC2C1c2c(c(S(=O)(=O)N(CCO)CCO)c3c(c2OC)OCO3)CCN1C. The number of cyclic esters (lactones) is 1. The monoisotopic (exact) mass is 580 g/mol. The molecule has 3 aliphatic rings. The van der Waals surface area contributed by atoms with Crippen LogP contribution in [-0.2, 0) is 21.2 Å². The zero-order chi connectivity index (χ0) is 28.8. The highest BCUT2D eigenvalue weighted by molar-refractivity contribution is 7.89. The van der Waals surface area contributed by atoms with Gasteiger partial charge in [-0.25, -0.2) is 13.2 Å². The van der Waals surface area contributed by atoms with Gasteiger partial charge in [0.25, 0.3) is 0 Å². The molecule has 0 aliphatic carbocycles. The van der Waals surface area contributed by atoms with Crippen LogP contribution in [0.2, 0.25) is 0 Å². The Bertz CT molecular complexity index is 1420. The Morgan fingerprint density at radius 3 is 2.33 bits per heavy atom. The van der Waals surface area contributed by atoms with Crippen LogP contribution in [0.5, 0.6) is 28.7 Å². The molecule has 2 aromatic rings. The summed E-state index contributed by atoms with van der Waals surface area (Å²) in [6, 6.07) is 2.75. The van der Waals surface area contributed by atoms with Crippen LogP contribution in [-0.4, -0.2) is 102 Å². The lowest BCUT2D eigenvalue weighted by molar-refractivity contribution is 0.00855. The summed E-state index contributed by atoms with van der Waals surface area (Å²) in [7, 11) is 1.92. The molecule has 0 radical (unpaired) electrons. The lowest BCUT2D eigenvalue weighted by Gasteiger charge is -2.39. The van der Waals surface area contributed by atoms with Gasteiger partial charge in [0.05, 0.1) is 40.6 Å². The zero-order valence-corrected chi connectivity index (χ0v) is 23.4. The predicted octanol–water partition coefficient (Wildman–Crippen LogP) is 0.857. The van der Waals surface area contributed by atoms with Crippen molar-refractivity contribution >= 4 is 16.0 Å². The molecular formula is C26H32N2O11S. The minimum Gasteiger partial charge on any atom is -0.493 e. The highest BCUT2D eigenvalue weighted by Crippen LogP contribution is 2.58. The molecule has 0 bridgehead atoms. The second-order valence-corrected chi connectivity index (χ2v) is 11.3. The van der Waals surface area contributed by atoms with Crippen molar-refractivity contribution in [2.24, 2.45) is 0 Å². The molecule has 5 rings (SSSR count). The van der Waals surface area contributed by atoms with Gasteiger partial charge in [-0.2, -0.15) is 4.31 Å². The first-order valence-electron chi connectivity index (χ1n) is 12.6. The van der Waals surface area contributed by atoms with E-state index in [1.165, 1.54) is 21.3 Å². The summed E-state index contributed by atoms with van der Waals surface area (Å²) in [6.07, 6.45) is -0.544. The highest BCUT2D eigenvalue weighted by atomic mass is 32.2. The van der Waals surface area contributed by atoms with E-state index in [0.29, 0.717) is 35.4 Å². The van der Waals surface area contributed by atoms with Gasteiger partial charge < -0.3 is 38.6 Å². The Morgan fingerprint density at radius 2 is 1.70 bits per heavy atom. The van der Waals surface area contributed by atoms with E-state index < -0.39 is 41.4 Å². The first-order chi connectivity index (χ1) is 19.2. The third-order valence-electron chi connectivity index (χ3n) is 7.46. The summed E-state index contributed by atoms with van der Waals surface area (Å²) < 4.78 is 63.2. The normalized spacial score (nSPS) is 19.8. The summed E-state index contributed by atoms with van der Waals surface area (Å²) in [5.41, 5.74) is 1.69. The maximum absolute atomic E-state index is 14.1. The number of hydrogen-bond acceptors (Lipinski definition) is 12. The number of likely N-dealkylation sites (N-methyl/N-ethyl adjacent to an activating group) is 1. The third-order valence-corrected chi connectivity index (χ3v) is 9.46. The Kier molecular flexibility index (Phi) is 7.72. The van der Waals surface area contributed by atoms with Crippen molar-refractivity contribution in [1.29, 1.82) is 0 Å². The van der Waals surface area contributed by atoms with E-state index in [9.17, 15) is 23.4 Å². The Hall–Kier alpha value is -3.30. The molecule has 2 aromatic carbocycles.